The maximum absolute atomic E-state index is 12.2. The zero-order chi connectivity index (χ0) is 21.2. The molecule has 5 N–H and O–H groups in total. The first-order valence-corrected chi connectivity index (χ1v) is 9.44. The monoisotopic (exact) mass is 394 g/mol. The van der Waals surface area contributed by atoms with E-state index in [-0.39, 0.29) is 6.54 Å². The number of nitrogens with one attached hydrogen (secondary N) is 2. The molecule has 0 aliphatic rings. The summed E-state index contributed by atoms with van der Waals surface area (Å²) in [5, 5.41) is 11.1. The highest BCUT2D eigenvalue weighted by Gasteiger charge is 2.19. The molecule has 0 aromatic heterocycles. The summed E-state index contributed by atoms with van der Waals surface area (Å²) >= 11 is 0. The summed E-state index contributed by atoms with van der Waals surface area (Å²) in [6, 6.07) is 13.8. The second kappa shape index (κ2) is 10.9. The number of nitrogens with zero attached hydrogens (tertiary/aromatic N) is 1. The van der Waals surface area contributed by atoms with Crippen LogP contribution in [0.5, 0.6) is 0 Å². The van der Waals surface area contributed by atoms with E-state index in [0.29, 0.717) is 5.56 Å². The Labute approximate surface area is 170 Å². The second-order valence-corrected chi connectivity index (χ2v) is 6.29. The van der Waals surface area contributed by atoms with Crippen molar-refractivity contribution in [2.75, 3.05) is 24.5 Å². The van der Waals surface area contributed by atoms with Gasteiger partial charge >= 0.3 is 0 Å². The van der Waals surface area contributed by atoms with Gasteiger partial charge in [0.1, 0.15) is 6.04 Å². The number of anilines is 1. The van der Waals surface area contributed by atoms with E-state index < -0.39 is 17.9 Å². The van der Waals surface area contributed by atoms with Crippen LogP contribution in [0.3, 0.4) is 0 Å². The molecular formula is C22H26N4O3. The Hall–Kier alpha value is -3.34. The summed E-state index contributed by atoms with van der Waals surface area (Å²) in [7, 11) is 0. The lowest BCUT2D eigenvalue weighted by Crippen LogP contribution is -2.50. The number of nitrogens with two attached hydrogens (primary N) is 1. The maximum atomic E-state index is 12.2. The van der Waals surface area contributed by atoms with Crippen LogP contribution in [0.15, 0.2) is 48.5 Å². The van der Waals surface area contributed by atoms with Crippen molar-refractivity contribution in [3.05, 3.63) is 65.2 Å². The fraction of sp³-hybridized carbons (Fsp3) is 0.273. The van der Waals surface area contributed by atoms with E-state index in [1.165, 1.54) is 5.48 Å². The third-order valence-electron chi connectivity index (χ3n) is 4.44. The van der Waals surface area contributed by atoms with E-state index in [4.69, 9.17) is 10.9 Å². The smallest absolute Gasteiger partial charge is 0.267 e. The highest BCUT2D eigenvalue weighted by atomic mass is 16.5. The van der Waals surface area contributed by atoms with Gasteiger partial charge in [-0.1, -0.05) is 17.9 Å². The van der Waals surface area contributed by atoms with Gasteiger partial charge < -0.3 is 16.0 Å². The van der Waals surface area contributed by atoms with E-state index in [1.54, 1.807) is 24.3 Å². The number of amides is 2. The largest absolute Gasteiger partial charge is 0.372 e. The molecule has 0 spiro atoms. The molecule has 0 heterocycles. The molecule has 0 saturated heterocycles. The Kier molecular flexibility index (Phi) is 8.22. The van der Waals surface area contributed by atoms with Crippen molar-refractivity contribution in [3.63, 3.8) is 0 Å². The number of rotatable bonds is 7. The number of carbonyl (C=O) groups excluding carboxylic acids is 2. The zero-order valence-corrected chi connectivity index (χ0v) is 16.6. The van der Waals surface area contributed by atoms with Gasteiger partial charge in [-0.2, -0.15) is 0 Å². The van der Waals surface area contributed by atoms with Gasteiger partial charge in [0, 0.05) is 42.0 Å². The molecule has 7 nitrogen and oxygen atoms in total. The van der Waals surface area contributed by atoms with Gasteiger partial charge in [0.25, 0.3) is 11.8 Å². The van der Waals surface area contributed by atoms with Crippen LogP contribution in [0.4, 0.5) is 5.69 Å². The topological polar surface area (TPSA) is 108 Å². The second-order valence-electron chi connectivity index (χ2n) is 6.29. The van der Waals surface area contributed by atoms with Crippen molar-refractivity contribution in [2.45, 2.75) is 19.9 Å². The predicted molar refractivity (Wildman–Crippen MR) is 113 cm³/mol. The molecule has 0 unspecified atom stereocenters. The predicted octanol–water partition coefficient (Wildman–Crippen LogP) is 1.50. The van der Waals surface area contributed by atoms with E-state index >= 15 is 0 Å². The molecule has 0 aliphatic heterocycles. The fourth-order valence-electron chi connectivity index (χ4n) is 2.77. The molecule has 7 heteroatoms. The van der Waals surface area contributed by atoms with Crippen LogP contribution < -0.4 is 21.4 Å². The standard InChI is InChI=1S/C22H26N4O3/c1-3-26(4-2)19-7-5-6-17(14-19)9-8-16-10-12-18(13-11-16)21(27)24-20(15-23)22(28)25-29/h5-7,10-14,20,29H,3-4,15,23H2,1-2H3,(H,24,27)(H,25,28)/t20-/m0/s1. The third kappa shape index (κ3) is 6.07. The van der Waals surface area contributed by atoms with Crippen LogP contribution in [0.1, 0.15) is 35.3 Å². The first kappa shape index (κ1) is 22.0. The van der Waals surface area contributed by atoms with Crippen LogP contribution >= 0.6 is 0 Å². The van der Waals surface area contributed by atoms with Crippen LogP contribution in [0.25, 0.3) is 0 Å². The minimum atomic E-state index is -1.01. The summed E-state index contributed by atoms with van der Waals surface area (Å²) in [4.78, 5) is 25.9. The van der Waals surface area contributed by atoms with Gasteiger partial charge in [-0.25, -0.2) is 5.48 Å². The van der Waals surface area contributed by atoms with Crippen molar-refractivity contribution in [2.24, 2.45) is 5.73 Å². The molecular weight excluding hydrogens is 368 g/mol. The van der Waals surface area contributed by atoms with Crippen LogP contribution in [-0.4, -0.2) is 42.7 Å². The van der Waals surface area contributed by atoms with E-state index in [9.17, 15) is 9.59 Å². The number of hydrogen-bond donors (Lipinski definition) is 4. The van der Waals surface area contributed by atoms with E-state index in [2.05, 4.69) is 48.0 Å². The summed E-state index contributed by atoms with van der Waals surface area (Å²) in [6.45, 7) is 5.97. The lowest BCUT2D eigenvalue weighted by Gasteiger charge is -2.20. The summed E-state index contributed by atoms with van der Waals surface area (Å²) < 4.78 is 0. The third-order valence-corrected chi connectivity index (χ3v) is 4.44. The molecule has 0 bridgehead atoms. The van der Waals surface area contributed by atoms with Crippen LogP contribution in [0.2, 0.25) is 0 Å². The van der Waals surface area contributed by atoms with Crippen molar-refractivity contribution in [3.8, 4) is 11.8 Å². The zero-order valence-electron chi connectivity index (χ0n) is 16.6. The number of hydrogen-bond acceptors (Lipinski definition) is 5. The average molecular weight is 394 g/mol. The Morgan fingerprint density at radius 2 is 1.72 bits per heavy atom. The molecule has 2 aromatic carbocycles. The Morgan fingerprint density at radius 3 is 2.31 bits per heavy atom. The molecule has 152 valence electrons. The first-order chi connectivity index (χ1) is 14.0. The van der Waals surface area contributed by atoms with Gasteiger partial charge in [0.2, 0.25) is 0 Å². The van der Waals surface area contributed by atoms with Crippen LogP contribution in [0, 0.1) is 11.8 Å². The molecule has 29 heavy (non-hydrogen) atoms. The average Bonchev–Trinajstić information content (AvgIpc) is 2.77. The van der Waals surface area contributed by atoms with Crippen molar-refractivity contribution >= 4 is 17.5 Å². The molecule has 0 radical (unpaired) electrons. The molecule has 0 fully saturated rings. The lowest BCUT2D eigenvalue weighted by atomic mass is 10.1. The van der Waals surface area contributed by atoms with Crippen molar-refractivity contribution in [1.82, 2.24) is 10.8 Å². The first-order valence-electron chi connectivity index (χ1n) is 9.44. The van der Waals surface area contributed by atoms with Gasteiger partial charge in [-0.3, -0.25) is 14.8 Å². The van der Waals surface area contributed by atoms with E-state index in [0.717, 1.165) is 29.9 Å². The molecule has 0 aliphatic carbocycles. The Morgan fingerprint density at radius 1 is 1.07 bits per heavy atom. The fourth-order valence-corrected chi connectivity index (χ4v) is 2.77. The van der Waals surface area contributed by atoms with Crippen molar-refractivity contribution < 1.29 is 14.8 Å². The lowest BCUT2D eigenvalue weighted by molar-refractivity contribution is -0.130. The van der Waals surface area contributed by atoms with Crippen molar-refractivity contribution in [1.29, 1.82) is 0 Å². The SMILES string of the molecule is CCN(CC)c1cccc(C#Cc2ccc(C(=O)N[C@@H](CN)C(=O)NO)cc2)c1. The van der Waals surface area contributed by atoms with E-state index in [1.807, 2.05) is 12.1 Å². The molecule has 1 atom stereocenters. The van der Waals surface area contributed by atoms with Gasteiger partial charge in [0.05, 0.1) is 0 Å². The molecule has 2 aromatic rings. The number of hydroxylamine groups is 1. The van der Waals surface area contributed by atoms with Gasteiger partial charge in [-0.05, 0) is 56.3 Å². The normalized spacial score (nSPS) is 11.0. The molecule has 0 saturated carbocycles. The minimum Gasteiger partial charge on any atom is -0.372 e. The maximum Gasteiger partial charge on any atom is 0.267 e. The summed E-state index contributed by atoms with van der Waals surface area (Å²) in [5.74, 6) is 5.00. The highest BCUT2D eigenvalue weighted by molar-refractivity contribution is 5.97. The van der Waals surface area contributed by atoms with Gasteiger partial charge in [0.15, 0.2) is 0 Å². The Bertz CT molecular complexity index is 896. The number of carbonyl (C=O) groups is 2. The Balaban J connectivity index is 2.09. The number of benzene rings is 2. The molecule has 2 rings (SSSR count). The minimum absolute atomic E-state index is 0.131. The molecule has 2 amide bonds. The quantitative estimate of drug-likeness (QED) is 0.323. The summed E-state index contributed by atoms with van der Waals surface area (Å²) in [5.41, 5.74) is 10.1. The van der Waals surface area contributed by atoms with Crippen LogP contribution in [-0.2, 0) is 4.79 Å². The van der Waals surface area contributed by atoms with Gasteiger partial charge in [-0.15, -0.1) is 0 Å². The highest BCUT2D eigenvalue weighted by Crippen LogP contribution is 2.15. The summed E-state index contributed by atoms with van der Waals surface area (Å²) in [6.07, 6.45) is 0.